The van der Waals surface area contributed by atoms with Gasteiger partial charge in [-0.3, -0.25) is 4.79 Å². The molecule has 0 spiro atoms. The van der Waals surface area contributed by atoms with Crippen LogP contribution in [0.15, 0.2) is 41.3 Å². The molecule has 0 bridgehead atoms. The molecule has 2 aliphatic rings. The van der Waals surface area contributed by atoms with E-state index in [0.717, 1.165) is 5.56 Å². The number of carbonyl (C=O) groups excluding carboxylic acids is 1. The number of nitrogens with zero attached hydrogens (tertiary/aromatic N) is 2. The van der Waals surface area contributed by atoms with Crippen LogP contribution in [0.1, 0.15) is 49.3 Å². The van der Waals surface area contributed by atoms with Gasteiger partial charge in [0.25, 0.3) is 0 Å². The van der Waals surface area contributed by atoms with Crippen molar-refractivity contribution in [3.05, 3.63) is 58.9 Å². The second-order valence-electron chi connectivity index (χ2n) is 9.26. The first-order valence-electron chi connectivity index (χ1n) is 11.5. The second kappa shape index (κ2) is 10.0. The Morgan fingerprint density at radius 3 is 2.50 bits per heavy atom. The predicted molar refractivity (Wildman–Crippen MR) is 125 cm³/mol. The maximum Gasteiger partial charge on any atom is 0.243 e. The van der Waals surface area contributed by atoms with Crippen molar-refractivity contribution in [1.82, 2.24) is 9.21 Å². The van der Waals surface area contributed by atoms with Gasteiger partial charge in [0, 0.05) is 43.7 Å². The molecule has 0 aliphatic carbocycles. The quantitative estimate of drug-likeness (QED) is 0.614. The van der Waals surface area contributed by atoms with Crippen LogP contribution in [0.25, 0.3) is 0 Å². The van der Waals surface area contributed by atoms with E-state index < -0.39 is 15.8 Å². The molecular formula is C25H31FN2O5S. The first-order valence-corrected chi connectivity index (χ1v) is 13.0. The average molecular weight is 491 g/mol. The lowest BCUT2D eigenvalue weighted by Crippen LogP contribution is -2.43. The molecule has 0 aromatic heterocycles. The van der Waals surface area contributed by atoms with E-state index in [9.17, 15) is 17.6 Å². The Hall–Kier alpha value is -2.49. The van der Waals surface area contributed by atoms with Crippen LogP contribution in [0, 0.1) is 11.7 Å². The van der Waals surface area contributed by atoms with Crippen LogP contribution in [0.5, 0.6) is 5.75 Å². The third-order valence-electron chi connectivity index (χ3n) is 6.52. The molecule has 4 rings (SSSR count). The van der Waals surface area contributed by atoms with Crippen molar-refractivity contribution in [2.24, 2.45) is 5.92 Å². The fourth-order valence-corrected chi connectivity index (χ4v) is 6.01. The lowest BCUT2D eigenvalue weighted by molar-refractivity contribution is -0.136. The molecule has 2 aromatic carbocycles. The summed E-state index contributed by atoms with van der Waals surface area (Å²) < 4.78 is 52.4. The standard InChI is InChI=1S/C25H31FN2O5S/c1-17(2)18-4-6-23(7-5-18)34(30,31)28-10-8-19(9-11-28)25(29)27(3)14-20-12-22(26)13-21-15-32-16-33-24(20)21/h4-7,12-13,17,19H,8-11,14-16H2,1-3H3. The van der Waals surface area contributed by atoms with Crippen LogP contribution >= 0.6 is 0 Å². The van der Waals surface area contributed by atoms with E-state index in [1.54, 1.807) is 24.1 Å². The zero-order valence-electron chi connectivity index (χ0n) is 19.8. The molecule has 0 radical (unpaired) electrons. The number of amides is 1. The van der Waals surface area contributed by atoms with Crippen LogP contribution in [0.3, 0.4) is 0 Å². The van der Waals surface area contributed by atoms with Crippen molar-refractivity contribution in [1.29, 1.82) is 0 Å². The number of ether oxygens (including phenoxy) is 2. The summed E-state index contributed by atoms with van der Waals surface area (Å²) in [5, 5.41) is 0. The summed E-state index contributed by atoms with van der Waals surface area (Å²) in [6, 6.07) is 9.78. The average Bonchev–Trinajstić information content (AvgIpc) is 2.83. The zero-order chi connectivity index (χ0) is 24.5. The number of piperidine rings is 1. The Balaban J connectivity index is 1.38. The van der Waals surface area contributed by atoms with Gasteiger partial charge in [-0.25, -0.2) is 12.8 Å². The van der Waals surface area contributed by atoms with Crippen molar-refractivity contribution in [2.75, 3.05) is 26.9 Å². The molecule has 2 aromatic rings. The van der Waals surface area contributed by atoms with E-state index >= 15 is 0 Å². The highest BCUT2D eigenvalue weighted by atomic mass is 32.2. The zero-order valence-corrected chi connectivity index (χ0v) is 20.6. The van der Waals surface area contributed by atoms with Gasteiger partial charge in [0.15, 0.2) is 6.79 Å². The molecule has 2 aliphatic heterocycles. The number of hydrogen-bond acceptors (Lipinski definition) is 5. The second-order valence-corrected chi connectivity index (χ2v) is 11.2. The van der Waals surface area contributed by atoms with Gasteiger partial charge in [0.2, 0.25) is 15.9 Å². The van der Waals surface area contributed by atoms with E-state index in [1.807, 2.05) is 12.1 Å². The summed E-state index contributed by atoms with van der Waals surface area (Å²) in [7, 11) is -1.92. The van der Waals surface area contributed by atoms with Crippen molar-refractivity contribution in [3.63, 3.8) is 0 Å². The molecular weight excluding hydrogens is 459 g/mol. The Morgan fingerprint density at radius 1 is 1.18 bits per heavy atom. The fraction of sp³-hybridized carbons (Fsp3) is 0.480. The molecule has 9 heteroatoms. The third kappa shape index (κ3) is 5.11. The normalized spacial score (nSPS) is 17.3. The highest BCUT2D eigenvalue weighted by Crippen LogP contribution is 2.31. The van der Waals surface area contributed by atoms with Gasteiger partial charge in [-0.1, -0.05) is 26.0 Å². The molecule has 0 unspecified atom stereocenters. The maximum absolute atomic E-state index is 14.0. The minimum atomic E-state index is -3.60. The molecule has 1 saturated heterocycles. The molecule has 0 saturated carbocycles. The minimum absolute atomic E-state index is 0.0802. The summed E-state index contributed by atoms with van der Waals surface area (Å²) in [6.07, 6.45) is 0.885. The number of sulfonamides is 1. The predicted octanol–water partition coefficient (Wildman–Crippen LogP) is 3.87. The van der Waals surface area contributed by atoms with Crippen molar-refractivity contribution in [3.8, 4) is 5.75 Å². The first-order chi connectivity index (χ1) is 16.2. The summed E-state index contributed by atoms with van der Waals surface area (Å²) in [5.41, 5.74) is 2.31. The summed E-state index contributed by atoms with van der Waals surface area (Å²) in [6.45, 7) is 5.27. The van der Waals surface area contributed by atoms with Crippen LogP contribution in [0.2, 0.25) is 0 Å². The maximum atomic E-state index is 14.0. The third-order valence-corrected chi connectivity index (χ3v) is 8.44. The van der Waals surface area contributed by atoms with Gasteiger partial charge in [0.05, 0.1) is 11.5 Å². The van der Waals surface area contributed by atoms with Gasteiger partial charge in [-0.05, 0) is 48.6 Å². The van der Waals surface area contributed by atoms with Crippen LogP contribution < -0.4 is 4.74 Å². The van der Waals surface area contributed by atoms with E-state index in [4.69, 9.17) is 9.47 Å². The van der Waals surface area contributed by atoms with Gasteiger partial charge in [0.1, 0.15) is 11.6 Å². The number of carbonyl (C=O) groups is 1. The molecule has 34 heavy (non-hydrogen) atoms. The number of fused-ring (bicyclic) bond motifs is 1. The SMILES string of the molecule is CC(C)c1ccc(S(=O)(=O)N2CCC(C(=O)N(C)Cc3cc(F)cc4c3OCOC4)CC2)cc1. The van der Waals surface area contributed by atoms with E-state index in [0.29, 0.717) is 35.6 Å². The Labute approximate surface area is 200 Å². The molecule has 7 nitrogen and oxygen atoms in total. The van der Waals surface area contributed by atoms with Crippen molar-refractivity contribution in [2.45, 2.75) is 50.7 Å². The molecule has 184 valence electrons. The Bertz CT molecular complexity index is 1140. The van der Waals surface area contributed by atoms with Crippen molar-refractivity contribution >= 4 is 15.9 Å². The summed E-state index contributed by atoms with van der Waals surface area (Å²) >= 11 is 0. The molecule has 1 fully saturated rings. The lowest BCUT2D eigenvalue weighted by Gasteiger charge is -2.33. The van der Waals surface area contributed by atoms with Crippen molar-refractivity contribution < 1.29 is 27.1 Å². The molecule has 1 amide bonds. The van der Waals surface area contributed by atoms with Gasteiger partial charge in [-0.2, -0.15) is 4.31 Å². The van der Waals surface area contributed by atoms with E-state index in [1.165, 1.54) is 16.4 Å². The number of halogens is 1. The van der Waals surface area contributed by atoms with Crippen LogP contribution in [-0.4, -0.2) is 50.5 Å². The Kier molecular flexibility index (Phi) is 7.25. The van der Waals surface area contributed by atoms with Crippen LogP contribution in [-0.2, 0) is 32.7 Å². The van der Waals surface area contributed by atoms with Gasteiger partial charge in [-0.15, -0.1) is 0 Å². The highest BCUT2D eigenvalue weighted by Gasteiger charge is 2.33. The molecule has 2 heterocycles. The highest BCUT2D eigenvalue weighted by molar-refractivity contribution is 7.89. The monoisotopic (exact) mass is 490 g/mol. The lowest BCUT2D eigenvalue weighted by atomic mass is 9.96. The topological polar surface area (TPSA) is 76.2 Å². The van der Waals surface area contributed by atoms with E-state index in [-0.39, 0.29) is 49.8 Å². The molecule has 0 atom stereocenters. The minimum Gasteiger partial charge on any atom is -0.467 e. The summed E-state index contributed by atoms with van der Waals surface area (Å²) in [4.78, 5) is 14.9. The number of rotatable bonds is 6. The largest absolute Gasteiger partial charge is 0.467 e. The smallest absolute Gasteiger partial charge is 0.243 e. The fourth-order valence-electron chi connectivity index (χ4n) is 4.54. The van der Waals surface area contributed by atoms with Gasteiger partial charge >= 0.3 is 0 Å². The summed E-state index contributed by atoms with van der Waals surface area (Å²) in [5.74, 6) is 0.130. The van der Waals surface area contributed by atoms with Crippen LogP contribution in [0.4, 0.5) is 4.39 Å². The first kappa shape index (κ1) is 24.6. The van der Waals surface area contributed by atoms with E-state index in [2.05, 4.69) is 13.8 Å². The number of hydrogen-bond donors (Lipinski definition) is 0. The Morgan fingerprint density at radius 2 is 1.85 bits per heavy atom. The molecule has 0 N–H and O–H groups in total. The van der Waals surface area contributed by atoms with Gasteiger partial charge < -0.3 is 14.4 Å². The number of benzene rings is 2.